The molecule has 0 unspecified atom stereocenters. The molecule has 1 atom stereocenters. The summed E-state index contributed by atoms with van der Waals surface area (Å²) in [4.78, 5) is 24.7. The van der Waals surface area contributed by atoms with Crippen molar-refractivity contribution in [1.29, 1.82) is 0 Å². The molecule has 1 aliphatic heterocycles. The highest BCUT2D eigenvalue weighted by Crippen LogP contribution is 2.35. The molecule has 0 aromatic heterocycles. The molecule has 3 N–H and O–H groups in total. The lowest BCUT2D eigenvalue weighted by Gasteiger charge is -2.25. The van der Waals surface area contributed by atoms with Crippen LogP contribution in [0.25, 0.3) is 10.8 Å². The molecular formula is C18H21N3O2. The molecule has 3 rings (SSSR count). The fraction of sp³-hybridized carbons (Fsp3) is 0.333. The Morgan fingerprint density at radius 2 is 1.96 bits per heavy atom. The maximum Gasteiger partial charge on any atom is 0.318 e. The second-order valence-electron chi connectivity index (χ2n) is 5.92. The van der Waals surface area contributed by atoms with Gasteiger partial charge in [0.25, 0.3) is 0 Å². The second kappa shape index (κ2) is 6.79. The number of rotatable bonds is 4. The van der Waals surface area contributed by atoms with Crippen molar-refractivity contribution in [2.45, 2.75) is 25.3 Å². The first-order valence-electron chi connectivity index (χ1n) is 7.96. The smallest absolute Gasteiger partial charge is 0.318 e. The van der Waals surface area contributed by atoms with Crippen LogP contribution < -0.4 is 11.1 Å². The molecule has 2 aromatic rings. The summed E-state index contributed by atoms with van der Waals surface area (Å²) >= 11 is 0. The molecule has 2 aromatic carbocycles. The lowest BCUT2D eigenvalue weighted by atomic mass is 9.97. The van der Waals surface area contributed by atoms with Crippen molar-refractivity contribution < 1.29 is 9.59 Å². The molecular weight excluding hydrogens is 290 g/mol. The number of carbonyl (C=O) groups is 2. The molecule has 5 nitrogen and oxygen atoms in total. The van der Waals surface area contributed by atoms with Crippen LogP contribution in [0.5, 0.6) is 0 Å². The number of hydrogen-bond acceptors (Lipinski definition) is 3. The van der Waals surface area contributed by atoms with E-state index in [4.69, 9.17) is 5.73 Å². The number of fused-ring (bicyclic) bond motifs is 1. The summed E-state index contributed by atoms with van der Waals surface area (Å²) in [6.45, 7) is 1.60. The highest BCUT2D eigenvalue weighted by atomic mass is 16.2. The molecule has 1 aliphatic rings. The van der Waals surface area contributed by atoms with Gasteiger partial charge in [0.15, 0.2) is 0 Å². The number of carbonyl (C=O) groups excluding carboxylic acids is 2. The number of imide groups is 1. The summed E-state index contributed by atoms with van der Waals surface area (Å²) in [5.74, 6) is -0.318. The Balaban J connectivity index is 1.76. The van der Waals surface area contributed by atoms with E-state index in [2.05, 4.69) is 46.6 Å². The van der Waals surface area contributed by atoms with Gasteiger partial charge in [-0.1, -0.05) is 42.5 Å². The van der Waals surface area contributed by atoms with Crippen molar-refractivity contribution in [3.63, 3.8) is 0 Å². The largest absolute Gasteiger partial charge is 0.351 e. The molecule has 1 heterocycles. The first-order valence-corrected chi connectivity index (χ1v) is 7.96. The highest BCUT2D eigenvalue weighted by molar-refractivity contribution is 5.93. The molecule has 120 valence electrons. The number of urea groups is 1. The first-order chi connectivity index (χ1) is 11.1. The zero-order chi connectivity index (χ0) is 16.2. The van der Waals surface area contributed by atoms with Gasteiger partial charge in [0, 0.05) is 19.0 Å². The number of nitrogens with zero attached hydrogens (tertiary/aromatic N) is 1. The van der Waals surface area contributed by atoms with Gasteiger partial charge < -0.3 is 5.73 Å². The van der Waals surface area contributed by atoms with Gasteiger partial charge in [-0.2, -0.15) is 0 Å². The van der Waals surface area contributed by atoms with Gasteiger partial charge >= 0.3 is 6.03 Å². The lowest BCUT2D eigenvalue weighted by Crippen LogP contribution is -2.37. The quantitative estimate of drug-likeness (QED) is 0.911. The van der Waals surface area contributed by atoms with Crippen molar-refractivity contribution >= 4 is 22.7 Å². The van der Waals surface area contributed by atoms with E-state index in [-0.39, 0.29) is 12.3 Å². The third-order valence-electron chi connectivity index (χ3n) is 4.43. The van der Waals surface area contributed by atoms with Gasteiger partial charge in [-0.05, 0) is 35.7 Å². The van der Waals surface area contributed by atoms with Gasteiger partial charge in [-0.15, -0.1) is 0 Å². The molecule has 23 heavy (non-hydrogen) atoms. The second-order valence-corrected chi connectivity index (χ2v) is 5.92. The molecule has 5 heteroatoms. The third-order valence-corrected chi connectivity index (χ3v) is 4.43. The van der Waals surface area contributed by atoms with E-state index in [0.717, 1.165) is 19.4 Å². The molecule has 0 radical (unpaired) electrons. The molecule has 0 aliphatic carbocycles. The Labute approximate surface area is 135 Å². The number of nitrogens with one attached hydrogen (secondary N) is 1. The van der Waals surface area contributed by atoms with Gasteiger partial charge in [0.1, 0.15) is 0 Å². The van der Waals surface area contributed by atoms with Crippen molar-refractivity contribution in [2.24, 2.45) is 5.73 Å². The summed E-state index contributed by atoms with van der Waals surface area (Å²) < 4.78 is 0. The highest BCUT2D eigenvalue weighted by Gasteiger charge is 2.27. The minimum absolute atomic E-state index is 0.282. The minimum atomic E-state index is -0.790. The minimum Gasteiger partial charge on any atom is -0.351 e. The fourth-order valence-electron chi connectivity index (χ4n) is 3.43. The van der Waals surface area contributed by atoms with Crippen LogP contribution >= 0.6 is 0 Å². The van der Waals surface area contributed by atoms with E-state index in [0.29, 0.717) is 12.6 Å². The van der Waals surface area contributed by atoms with Crippen molar-refractivity contribution in [2.75, 3.05) is 13.1 Å². The molecule has 0 spiro atoms. The van der Waals surface area contributed by atoms with E-state index < -0.39 is 6.03 Å². The van der Waals surface area contributed by atoms with Crippen molar-refractivity contribution in [3.05, 3.63) is 48.0 Å². The Morgan fingerprint density at radius 3 is 2.78 bits per heavy atom. The zero-order valence-corrected chi connectivity index (χ0v) is 13.0. The molecule has 1 saturated heterocycles. The van der Waals surface area contributed by atoms with Gasteiger partial charge in [0.05, 0.1) is 0 Å². The topological polar surface area (TPSA) is 75.4 Å². The number of benzene rings is 2. The van der Waals surface area contributed by atoms with Crippen LogP contribution in [0.1, 0.15) is 30.9 Å². The predicted molar refractivity (Wildman–Crippen MR) is 89.8 cm³/mol. The standard InChI is InChI=1S/C18H21N3O2/c19-18(23)20-17(22)10-12-21-11-4-9-16(21)15-8-3-6-13-5-1-2-7-14(13)15/h1-3,5-8,16H,4,9-12H2,(H3,19,20,22,23)/t16-/m0/s1. The van der Waals surface area contributed by atoms with Crippen LogP contribution in [0.2, 0.25) is 0 Å². The number of primary amides is 1. The first kappa shape index (κ1) is 15.5. The molecule has 1 fully saturated rings. The van der Waals surface area contributed by atoms with Gasteiger partial charge in [0.2, 0.25) is 5.91 Å². The number of nitrogens with two attached hydrogens (primary N) is 1. The van der Waals surface area contributed by atoms with Crippen LogP contribution in [0.3, 0.4) is 0 Å². The fourth-order valence-corrected chi connectivity index (χ4v) is 3.43. The summed E-state index contributed by atoms with van der Waals surface area (Å²) in [6.07, 6.45) is 2.49. The van der Waals surface area contributed by atoms with E-state index in [1.165, 1.54) is 16.3 Å². The SMILES string of the molecule is NC(=O)NC(=O)CCN1CCC[C@H]1c1cccc2ccccc12. The Morgan fingerprint density at radius 1 is 1.17 bits per heavy atom. The summed E-state index contributed by atoms with van der Waals surface area (Å²) in [6, 6.07) is 14.3. The van der Waals surface area contributed by atoms with Crippen LogP contribution in [-0.2, 0) is 4.79 Å². The lowest BCUT2D eigenvalue weighted by molar-refractivity contribution is -0.120. The van der Waals surface area contributed by atoms with Crippen LogP contribution in [-0.4, -0.2) is 29.9 Å². The van der Waals surface area contributed by atoms with E-state index in [9.17, 15) is 9.59 Å². The Kier molecular flexibility index (Phi) is 4.57. The normalized spacial score (nSPS) is 18.2. The third kappa shape index (κ3) is 3.51. The van der Waals surface area contributed by atoms with E-state index in [1.807, 2.05) is 6.07 Å². The maximum atomic E-state index is 11.6. The number of amides is 3. The maximum absolute atomic E-state index is 11.6. The van der Waals surface area contributed by atoms with Gasteiger partial charge in [-0.3, -0.25) is 15.0 Å². The molecule has 0 saturated carbocycles. The van der Waals surface area contributed by atoms with Crippen molar-refractivity contribution in [3.8, 4) is 0 Å². The average Bonchev–Trinajstić information content (AvgIpc) is 3.00. The Hall–Kier alpha value is -2.40. The number of hydrogen-bond donors (Lipinski definition) is 2. The Bertz CT molecular complexity index is 724. The van der Waals surface area contributed by atoms with Crippen molar-refractivity contribution in [1.82, 2.24) is 10.2 Å². The summed E-state index contributed by atoms with van der Waals surface area (Å²) in [5, 5.41) is 4.64. The number of likely N-dealkylation sites (tertiary alicyclic amines) is 1. The summed E-state index contributed by atoms with van der Waals surface area (Å²) in [7, 11) is 0. The summed E-state index contributed by atoms with van der Waals surface area (Å²) in [5.41, 5.74) is 6.29. The van der Waals surface area contributed by atoms with Crippen LogP contribution in [0, 0.1) is 0 Å². The predicted octanol–water partition coefficient (Wildman–Crippen LogP) is 2.56. The molecule has 0 bridgehead atoms. The van der Waals surface area contributed by atoms with E-state index >= 15 is 0 Å². The van der Waals surface area contributed by atoms with Crippen LogP contribution in [0.4, 0.5) is 4.79 Å². The zero-order valence-electron chi connectivity index (χ0n) is 13.0. The monoisotopic (exact) mass is 311 g/mol. The van der Waals surface area contributed by atoms with Gasteiger partial charge in [-0.25, -0.2) is 4.79 Å². The van der Waals surface area contributed by atoms with Crippen LogP contribution in [0.15, 0.2) is 42.5 Å². The average molecular weight is 311 g/mol. The van der Waals surface area contributed by atoms with E-state index in [1.54, 1.807) is 0 Å². The molecule has 3 amide bonds.